The molecule has 0 aliphatic carbocycles. The van der Waals surface area contributed by atoms with Gasteiger partial charge in [-0.1, -0.05) is 26.0 Å². The first-order valence-corrected chi connectivity index (χ1v) is 7.77. The summed E-state index contributed by atoms with van der Waals surface area (Å²) in [5.74, 6) is 0.590. The number of likely N-dealkylation sites (tertiary alicyclic amines) is 1. The van der Waals surface area contributed by atoms with Crippen LogP contribution in [-0.4, -0.2) is 23.9 Å². The van der Waals surface area contributed by atoms with E-state index in [2.05, 4.69) is 19.9 Å². The Hall–Kier alpha value is -1.51. The summed E-state index contributed by atoms with van der Waals surface area (Å²) in [6, 6.07) is 7.97. The molecule has 1 heterocycles. The zero-order valence-electron chi connectivity index (χ0n) is 12.6. The summed E-state index contributed by atoms with van der Waals surface area (Å²) in [7, 11) is 0. The average molecular weight is 274 g/mol. The molecule has 0 saturated carbocycles. The van der Waals surface area contributed by atoms with Gasteiger partial charge in [0.05, 0.1) is 0 Å². The van der Waals surface area contributed by atoms with Gasteiger partial charge in [0.2, 0.25) is 5.91 Å². The van der Waals surface area contributed by atoms with E-state index in [1.165, 1.54) is 12.0 Å². The Morgan fingerprint density at radius 3 is 2.60 bits per heavy atom. The minimum Gasteiger partial charge on any atom is -0.399 e. The van der Waals surface area contributed by atoms with Crippen molar-refractivity contribution in [1.82, 2.24) is 4.90 Å². The van der Waals surface area contributed by atoms with Gasteiger partial charge in [0.25, 0.3) is 0 Å². The fourth-order valence-electron chi connectivity index (χ4n) is 3.24. The summed E-state index contributed by atoms with van der Waals surface area (Å²) < 4.78 is 0. The second kappa shape index (κ2) is 6.78. The van der Waals surface area contributed by atoms with Crippen LogP contribution in [0.1, 0.15) is 51.0 Å². The van der Waals surface area contributed by atoms with E-state index in [-0.39, 0.29) is 11.8 Å². The summed E-state index contributed by atoms with van der Waals surface area (Å²) in [6.07, 6.45) is 4.51. The van der Waals surface area contributed by atoms with Gasteiger partial charge in [-0.25, -0.2) is 0 Å². The Bertz CT molecular complexity index is 452. The van der Waals surface area contributed by atoms with E-state index in [9.17, 15) is 4.79 Å². The van der Waals surface area contributed by atoms with Gasteiger partial charge in [-0.3, -0.25) is 4.79 Å². The lowest BCUT2D eigenvalue weighted by Crippen LogP contribution is -2.40. The van der Waals surface area contributed by atoms with Gasteiger partial charge < -0.3 is 10.6 Å². The summed E-state index contributed by atoms with van der Waals surface area (Å²) in [5.41, 5.74) is 7.84. The van der Waals surface area contributed by atoms with Crippen molar-refractivity contribution >= 4 is 11.6 Å². The number of carbonyl (C=O) groups excluding carboxylic acids is 1. The number of nitrogen functional groups attached to an aromatic ring is 1. The molecule has 2 atom stereocenters. The van der Waals surface area contributed by atoms with Crippen LogP contribution in [0.3, 0.4) is 0 Å². The summed E-state index contributed by atoms with van der Waals surface area (Å²) in [6.45, 7) is 6.06. The maximum absolute atomic E-state index is 12.7. The molecule has 0 spiro atoms. The lowest BCUT2D eigenvalue weighted by molar-refractivity contribution is -0.136. The third kappa shape index (κ3) is 3.33. The number of nitrogens with zero attached hydrogens (tertiary/aromatic N) is 1. The van der Waals surface area contributed by atoms with E-state index >= 15 is 0 Å². The minimum absolute atomic E-state index is 0.0277. The Morgan fingerprint density at radius 1 is 1.30 bits per heavy atom. The van der Waals surface area contributed by atoms with Gasteiger partial charge in [0.1, 0.15) is 0 Å². The van der Waals surface area contributed by atoms with Crippen LogP contribution in [0.25, 0.3) is 0 Å². The largest absolute Gasteiger partial charge is 0.399 e. The first-order valence-electron chi connectivity index (χ1n) is 7.77. The normalized spacial score (nSPS) is 18.6. The van der Waals surface area contributed by atoms with Crippen molar-refractivity contribution in [2.75, 3.05) is 18.8 Å². The van der Waals surface area contributed by atoms with Gasteiger partial charge in [-0.2, -0.15) is 0 Å². The molecule has 0 aromatic heterocycles. The molecule has 1 aliphatic heterocycles. The zero-order valence-corrected chi connectivity index (χ0v) is 12.6. The third-order valence-corrected chi connectivity index (χ3v) is 4.44. The SMILES string of the molecule is CCC(c1cccc(N)c1)C(C)C(=O)N1CCCCC1. The van der Waals surface area contributed by atoms with E-state index in [0.29, 0.717) is 5.91 Å². The van der Waals surface area contributed by atoms with Crippen LogP contribution >= 0.6 is 0 Å². The van der Waals surface area contributed by atoms with E-state index in [1.807, 2.05) is 23.1 Å². The molecule has 20 heavy (non-hydrogen) atoms. The zero-order chi connectivity index (χ0) is 14.5. The highest BCUT2D eigenvalue weighted by molar-refractivity contribution is 5.79. The molecule has 0 radical (unpaired) electrons. The van der Waals surface area contributed by atoms with Crippen LogP contribution < -0.4 is 5.73 Å². The van der Waals surface area contributed by atoms with Crippen molar-refractivity contribution in [2.45, 2.75) is 45.4 Å². The monoisotopic (exact) mass is 274 g/mol. The van der Waals surface area contributed by atoms with E-state index in [0.717, 1.165) is 38.0 Å². The molecule has 1 amide bonds. The molecule has 3 heteroatoms. The van der Waals surface area contributed by atoms with Gasteiger partial charge >= 0.3 is 0 Å². The standard InChI is InChI=1S/C17H26N2O/c1-3-16(14-8-7-9-15(18)12-14)13(2)17(20)19-10-5-4-6-11-19/h7-9,12-13,16H,3-6,10-11,18H2,1-2H3. The van der Waals surface area contributed by atoms with Crippen molar-refractivity contribution in [3.63, 3.8) is 0 Å². The molecule has 1 saturated heterocycles. The number of hydrogen-bond donors (Lipinski definition) is 1. The molecule has 1 fully saturated rings. The number of nitrogens with two attached hydrogens (primary N) is 1. The van der Waals surface area contributed by atoms with Crippen molar-refractivity contribution in [3.8, 4) is 0 Å². The number of piperidine rings is 1. The van der Waals surface area contributed by atoms with E-state index in [1.54, 1.807) is 0 Å². The van der Waals surface area contributed by atoms with Gasteiger partial charge in [0, 0.05) is 24.7 Å². The van der Waals surface area contributed by atoms with Crippen molar-refractivity contribution < 1.29 is 4.79 Å². The van der Waals surface area contributed by atoms with Crippen LogP contribution in [0, 0.1) is 5.92 Å². The maximum atomic E-state index is 12.7. The molecular formula is C17H26N2O. The average Bonchev–Trinajstić information content (AvgIpc) is 2.48. The second-order valence-corrected chi connectivity index (χ2v) is 5.86. The van der Waals surface area contributed by atoms with Crippen LogP contribution in [0.15, 0.2) is 24.3 Å². The number of rotatable bonds is 4. The summed E-state index contributed by atoms with van der Waals surface area (Å²) in [5, 5.41) is 0. The quantitative estimate of drug-likeness (QED) is 0.855. The lowest BCUT2D eigenvalue weighted by Gasteiger charge is -2.32. The molecular weight excluding hydrogens is 248 g/mol. The highest BCUT2D eigenvalue weighted by atomic mass is 16.2. The smallest absolute Gasteiger partial charge is 0.226 e. The molecule has 0 bridgehead atoms. The van der Waals surface area contributed by atoms with E-state index in [4.69, 9.17) is 5.73 Å². The first kappa shape index (κ1) is 14.9. The topological polar surface area (TPSA) is 46.3 Å². The van der Waals surface area contributed by atoms with Crippen LogP contribution in [0.5, 0.6) is 0 Å². The lowest BCUT2D eigenvalue weighted by atomic mass is 9.84. The third-order valence-electron chi connectivity index (χ3n) is 4.44. The van der Waals surface area contributed by atoms with Crippen molar-refractivity contribution in [3.05, 3.63) is 29.8 Å². The summed E-state index contributed by atoms with van der Waals surface area (Å²) >= 11 is 0. The molecule has 1 aromatic rings. The Balaban J connectivity index is 2.11. The van der Waals surface area contributed by atoms with Gasteiger partial charge in [-0.15, -0.1) is 0 Å². The van der Waals surface area contributed by atoms with Crippen LogP contribution in [-0.2, 0) is 4.79 Å². The van der Waals surface area contributed by atoms with Gasteiger partial charge in [-0.05, 0) is 49.3 Å². The fraction of sp³-hybridized carbons (Fsp3) is 0.588. The minimum atomic E-state index is 0.0277. The summed E-state index contributed by atoms with van der Waals surface area (Å²) in [4.78, 5) is 14.7. The highest BCUT2D eigenvalue weighted by Crippen LogP contribution is 2.31. The fourth-order valence-corrected chi connectivity index (χ4v) is 3.24. The Kier molecular flexibility index (Phi) is 5.05. The number of benzene rings is 1. The highest BCUT2D eigenvalue weighted by Gasteiger charge is 2.28. The van der Waals surface area contributed by atoms with Crippen molar-refractivity contribution in [1.29, 1.82) is 0 Å². The molecule has 3 nitrogen and oxygen atoms in total. The first-order chi connectivity index (χ1) is 9.63. The molecule has 110 valence electrons. The number of anilines is 1. The second-order valence-electron chi connectivity index (χ2n) is 5.86. The predicted octanol–water partition coefficient (Wildman–Crippen LogP) is 3.41. The Morgan fingerprint density at radius 2 is 2.00 bits per heavy atom. The van der Waals surface area contributed by atoms with Crippen LogP contribution in [0.2, 0.25) is 0 Å². The van der Waals surface area contributed by atoms with Crippen LogP contribution in [0.4, 0.5) is 5.69 Å². The Labute approximate surface area is 122 Å². The van der Waals surface area contributed by atoms with Crippen molar-refractivity contribution in [2.24, 2.45) is 5.92 Å². The van der Waals surface area contributed by atoms with Gasteiger partial charge in [0.15, 0.2) is 0 Å². The molecule has 1 aromatic carbocycles. The number of carbonyl (C=O) groups is 1. The molecule has 2 rings (SSSR count). The maximum Gasteiger partial charge on any atom is 0.226 e. The molecule has 1 aliphatic rings. The molecule has 2 N–H and O–H groups in total. The number of amides is 1. The predicted molar refractivity (Wildman–Crippen MR) is 83.5 cm³/mol. The van der Waals surface area contributed by atoms with E-state index < -0.39 is 0 Å². The number of hydrogen-bond acceptors (Lipinski definition) is 2. The molecule has 2 unspecified atom stereocenters.